The minimum Gasteiger partial charge on any atom is -0.495 e. The first-order valence-electron chi connectivity index (χ1n) is 5.37. The van der Waals surface area contributed by atoms with E-state index >= 15 is 0 Å². The van der Waals surface area contributed by atoms with Crippen molar-refractivity contribution in [1.29, 1.82) is 0 Å². The Balaban J connectivity index is 2.41. The van der Waals surface area contributed by atoms with Gasteiger partial charge in [0.25, 0.3) is 0 Å². The van der Waals surface area contributed by atoms with E-state index in [9.17, 15) is 0 Å². The molecule has 0 heterocycles. The number of hydrogen-bond donors (Lipinski definition) is 1. The van der Waals surface area contributed by atoms with Crippen molar-refractivity contribution < 1.29 is 4.74 Å². The predicted molar refractivity (Wildman–Crippen MR) is 70.5 cm³/mol. The van der Waals surface area contributed by atoms with Crippen molar-refractivity contribution in [3.63, 3.8) is 0 Å². The van der Waals surface area contributed by atoms with Crippen LogP contribution in [0.2, 0.25) is 5.02 Å². The Morgan fingerprint density at radius 3 is 2.41 bits per heavy atom. The minimum atomic E-state index is -0.237. The lowest BCUT2D eigenvalue weighted by molar-refractivity contribution is 0.414. The Morgan fingerprint density at radius 2 is 1.76 bits per heavy atom. The van der Waals surface area contributed by atoms with Crippen LogP contribution in [-0.4, -0.2) is 7.11 Å². The number of nitrogens with two attached hydrogens (primary N) is 1. The van der Waals surface area contributed by atoms with Crippen molar-refractivity contribution in [3.8, 4) is 5.75 Å². The number of hydrogen-bond acceptors (Lipinski definition) is 2. The molecule has 0 aliphatic carbocycles. The highest BCUT2D eigenvalue weighted by Crippen LogP contribution is 2.33. The van der Waals surface area contributed by atoms with E-state index in [4.69, 9.17) is 22.1 Å². The summed E-state index contributed by atoms with van der Waals surface area (Å²) in [6, 6.07) is 15.3. The first kappa shape index (κ1) is 12.0. The maximum absolute atomic E-state index is 6.25. The van der Waals surface area contributed by atoms with E-state index in [1.54, 1.807) is 7.11 Å². The first-order chi connectivity index (χ1) is 8.24. The van der Waals surface area contributed by atoms with Crippen LogP contribution in [0.4, 0.5) is 0 Å². The van der Waals surface area contributed by atoms with Crippen molar-refractivity contribution in [3.05, 3.63) is 64.7 Å². The average molecular weight is 248 g/mol. The molecule has 2 N–H and O–H groups in total. The van der Waals surface area contributed by atoms with Crippen LogP contribution >= 0.6 is 11.6 Å². The zero-order valence-corrected chi connectivity index (χ0v) is 10.3. The second-order valence-corrected chi connectivity index (χ2v) is 4.13. The molecule has 0 fully saturated rings. The Labute approximate surface area is 106 Å². The Kier molecular flexibility index (Phi) is 3.67. The molecular formula is C14H14ClNO. The van der Waals surface area contributed by atoms with Crippen LogP contribution in [0.25, 0.3) is 0 Å². The van der Waals surface area contributed by atoms with Crippen LogP contribution in [-0.2, 0) is 0 Å². The third-order valence-corrected chi connectivity index (χ3v) is 3.11. The maximum Gasteiger partial charge on any atom is 0.137 e. The second kappa shape index (κ2) is 5.21. The van der Waals surface area contributed by atoms with E-state index in [1.165, 1.54) is 0 Å². The van der Waals surface area contributed by atoms with Crippen LogP contribution in [0, 0.1) is 0 Å². The van der Waals surface area contributed by atoms with Crippen molar-refractivity contribution in [2.45, 2.75) is 6.04 Å². The van der Waals surface area contributed by atoms with Gasteiger partial charge in [-0.15, -0.1) is 0 Å². The highest BCUT2D eigenvalue weighted by molar-refractivity contribution is 6.32. The lowest BCUT2D eigenvalue weighted by Gasteiger charge is -2.15. The molecule has 0 bridgehead atoms. The van der Waals surface area contributed by atoms with E-state index in [-0.39, 0.29) is 6.04 Å². The summed E-state index contributed by atoms with van der Waals surface area (Å²) in [5.74, 6) is 0.649. The van der Waals surface area contributed by atoms with E-state index in [0.29, 0.717) is 10.8 Å². The zero-order chi connectivity index (χ0) is 12.3. The third-order valence-electron chi connectivity index (χ3n) is 2.71. The van der Waals surface area contributed by atoms with Gasteiger partial charge < -0.3 is 10.5 Å². The summed E-state index contributed by atoms with van der Waals surface area (Å²) in [7, 11) is 1.60. The van der Waals surface area contributed by atoms with Crippen LogP contribution in [0.15, 0.2) is 48.5 Å². The smallest absolute Gasteiger partial charge is 0.137 e. The van der Waals surface area contributed by atoms with Gasteiger partial charge in [0.1, 0.15) is 5.75 Å². The van der Waals surface area contributed by atoms with Gasteiger partial charge in [0.15, 0.2) is 0 Å². The minimum absolute atomic E-state index is 0.237. The third kappa shape index (κ3) is 2.43. The first-order valence-corrected chi connectivity index (χ1v) is 5.74. The summed E-state index contributed by atoms with van der Waals surface area (Å²) in [5, 5.41) is 0.575. The lowest BCUT2D eigenvalue weighted by atomic mass is 9.99. The fourth-order valence-electron chi connectivity index (χ4n) is 1.77. The largest absolute Gasteiger partial charge is 0.495 e. The summed E-state index contributed by atoms with van der Waals surface area (Å²) >= 11 is 6.25. The van der Waals surface area contributed by atoms with Crippen LogP contribution in [0.1, 0.15) is 17.2 Å². The molecule has 0 aromatic heterocycles. The SMILES string of the molecule is COc1cccc(C(N)c2ccccc2)c1Cl. The Hall–Kier alpha value is -1.51. The average Bonchev–Trinajstić information content (AvgIpc) is 2.39. The maximum atomic E-state index is 6.25. The van der Waals surface area contributed by atoms with E-state index < -0.39 is 0 Å². The van der Waals surface area contributed by atoms with E-state index in [2.05, 4.69) is 0 Å². The molecule has 0 aliphatic heterocycles. The number of rotatable bonds is 3. The Morgan fingerprint density at radius 1 is 1.06 bits per heavy atom. The molecule has 0 spiro atoms. The van der Waals surface area contributed by atoms with Gasteiger partial charge in [-0.25, -0.2) is 0 Å². The number of methoxy groups -OCH3 is 1. The van der Waals surface area contributed by atoms with Crippen molar-refractivity contribution >= 4 is 11.6 Å². The van der Waals surface area contributed by atoms with E-state index in [1.807, 2.05) is 48.5 Å². The Bertz CT molecular complexity index is 499. The molecule has 2 nitrogen and oxygen atoms in total. The van der Waals surface area contributed by atoms with Crippen molar-refractivity contribution in [2.24, 2.45) is 5.73 Å². The molecule has 2 aromatic rings. The highest BCUT2D eigenvalue weighted by Gasteiger charge is 2.14. The zero-order valence-electron chi connectivity index (χ0n) is 9.56. The molecule has 0 saturated carbocycles. The summed E-state index contributed by atoms with van der Waals surface area (Å²) < 4.78 is 5.18. The molecule has 3 heteroatoms. The van der Waals surface area contributed by atoms with Crippen molar-refractivity contribution in [2.75, 3.05) is 7.11 Å². The topological polar surface area (TPSA) is 35.2 Å². The quantitative estimate of drug-likeness (QED) is 0.902. The summed E-state index contributed by atoms with van der Waals surface area (Å²) in [6.45, 7) is 0. The molecule has 0 saturated heterocycles. The molecule has 88 valence electrons. The van der Waals surface area contributed by atoms with E-state index in [0.717, 1.165) is 11.1 Å². The van der Waals surface area contributed by atoms with Crippen LogP contribution < -0.4 is 10.5 Å². The molecule has 0 aliphatic rings. The summed E-state index contributed by atoms with van der Waals surface area (Å²) in [6.07, 6.45) is 0. The highest BCUT2D eigenvalue weighted by atomic mass is 35.5. The standard InChI is InChI=1S/C14H14ClNO/c1-17-12-9-5-8-11(13(12)15)14(16)10-6-3-2-4-7-10/h2-9,14H,16H2,1H3. The number of ether oxygens (including phenoxy) is 1. The number of benzene rings is 2. The van der Waals surface area contributed by atoms with Gasteiger partial charge in [-0.1, -0.05) is 54.1 Å². The van der Waals surface area contributed by atoms with Gasteiger partial charge in [0.05, 0.1) is 18.2 Å². The van der Waals surface area contributed by atoms with Gasteiger partial charge in [0, 0.05) is 0 Å². The molecular weight excluding hydrogens is 234 g/mol. The predicted octanol–water partition coefficient (Wildman–Crippen LogP) is 3.40. The fourth-order valence-corrected chi connectivity index (χ4v) is 2.09. The lowest BCUT2D eigenvalue weighted by Crippen LogP contribution is -2.12. The monoisotopic (exact) mass is 247 g/mol. The normalized spacial score (nSPS) is 12.2. The molecule has 17 heavy (non-hydrogen) atoms. The molecule has 2 aromatic carbocycles. The molecule has 1 unspecified atom stereocenters. The van der Waals surface area contributed by atoms with Gasteiger partial charge in [-0.05, 0) is 17.2 Å². The van der Waals surface area contributed by atoms with Gasteiger partial charge in [0.2, 0.25) is 0 Å². The molecule has 0 radical (unpaired) electrons. The van der Waals surface area contributed by atoms with Crippen LogP contribution in [0.3, 0.4) is 0 Å². The fraction of sp³-hybridized carbons (Fsp3) is 0.143. The van der Waals surface area contributed by atoms with Gasteiger partial charge in [-0.3, -0.25) is 0 Å². The molecule has 2 rings (SSSR count). The van der Waals surface area contributed by atoms with Gasteiger partial charge in [-0.2, -0.15) is 0 Å². The van der Waals surface area contributed by atoms with Crippen molar-refractivity contribution in [1.82, 2.24) is 0 Å². The van der Waals surface area contributed by atoms with Crippen LogP contribution in [0.5, 0.6) is 5.75 Å². The summed E-state index contributed by atoms with van der Waals surface area (Å²) in [4.78, 5) is 0. The summed E-state index contributed by atoms with van der Waals surface area (Å²) in [5.41, 5.74) is 8.10. The molecule has 0 amide bonds. The molecule has 1 atom stereocenters. The second-order valence-electron chi connectivity index (χ2n) is 3.75. The number of halogens is 1. The van der Waals surface area contributed by atoms with Gasteiger partial charge >= 0.3 is 0 Å².